The maximum absolute atomic E-state index is 10.2. The van der Waals surface area contributed by atoms with E-state index in [4.69, 9.17) is 26.5 Å². The Morgan fingerprint density at radius 2 is 1.64 bits per heavy atom. The van der Waals surface area contributed by atoms with Crippen LogP contribution in [0.15, 0.2) is 0 Å². The third-order valence-corrected chi connectivity index (χ3v) is 1.03. The fourth-order valence-electron chi connectivity index (χ4n) is 0.421. The summed E-state index contributed by atoms with van der Waals surface area (Å²) in [4.78, 5) is 29.1. The van der Waals surface area contributed by atoms with Crippen molar-refractivity contribution < 1.29 is 24.6 Å². The Morgan fingerprint density at radius 1 is 1.29 bits per heavy atom. The Hall–Kier alpha value is -1.63. The molecule has 14 heavy (non-hydrogen) atoms. The minimum atomic E-state index is -0.975. The minimum Gasteiger partial charge on any atom is -0.481 e. The lowest BCUT2D eigenvalue weighted by molar-refractivity contribution is -0.137. The Morgan fingerprint density at radius 3 is 1.86 bits per heavy atom. The molecular weight excluding hydrogens is 192 g/mol. The van der Waals surface area contributed by atoms with Crippen molar-refractivity contribution in [2.45, 2.75) is 25.8 Å². The van der Waals surface area contributed by atoms with Crippen molar-refractivity contribution in [1.29, 1.82) is 0 Å². The molecule has 0 aliphatic rings. The summed E-state index contributed by atoms with van der Waals surface area (Å²) in [6.45, 7) is 1.08. The third kappa shape index (κ3) is 16.8. The molecule has 6 N–H and O–H groups in total. The summed E-state index contributed by atoms with van der Waals surface area (Å²) in [5.41, 5.74) is 9.89. The van der Waals surface area contributed by atoms with Gasteiger partial charge in [0.2, 0.25) is 5.91 Å². The van der Waals surface area contributed by atoms with Crippen LogP contribution in [-0.2, 0) is 14.4 Å². The number of carbonyl (C=O) groups is 3. The number of rotatable bonds is 4. The highest BCUT2D eigenvalue weighted by molar-refractivity contribution is 5.80. The molecule has 0 aromatic rings. The fraction of sp³-hybridized carbons (Fsp3) is 0.571. The van der Waals surface area contributed by atoms with Crippen LogP contribution >= 0.6 is 0 Å². The highest BCUT2D eigenvalue weighted by Gasteiger charge is 2.10. The first-order valence-corrected chi connectivity index (χ1v) is 3.73. The molecule has 1 amide bonds. The zero-order valence-electron chi connectivity index (χ0n) is 7.77. The second kappa shape index (κ2) is 7.99. The van der Waals surface area contributed by atoms with Gasteiger partial charge in [-0.3, -0.25) is 14.4 Å². The van der Waals surface area contributed by atoms with Crippen LogP contribution < -0.4 is 11.5 Å². The van der Waals surface area contributed by atoms with Crippen LogP contribution in [0.5, 0.6) is 0 Å². The van der Waals surface area contributed by atoms with Crippen molar-refractivity contribution in [2.24, 2.45) is 11.5 Å². The first-order valence-electron chi connectivity index (χ1n) is 3.73. The van der Waals surface area contributed by atoms with E-state index in [1.807, 2.05) is 0 Å². The minimum absolute atomic E-state index is 0.102. The fourth-order valence-corrected chi connectivity index (χ4v) is 0.421. The maximum Gasteiger partial charge on any atom is 0.303 e. The third-order valence-electron chi connectivity index (χ3n) is 1.03. The highest BCUT2D eigenvalue weighted by atomic mass is 16.4. The molecule has 0 rings (SSSR count). The molecule has 0 spiro atoms. The average molecular weight is 206 g/mol. The number of hydrogen-bond donors (Lipinski definition) is 4. The molecule has 0 bridgehead atoms. The largest absolute Gasteiger partial charge is 0.481 e. The van der Waals surface area contributed by atoms with E-state index in [-0.39, 0.29) is 12.8 Å². The Bertz CT molecular complexity index is 212. The van der Waals surface area contributed by atoms with Gasteiger partial charge in [0, 0.05) is 13.3 Å². The van der Waals surface area contributed by atoms with Crippen LogP contribution in [0.25, 0.3) is 0 Å². The first-order chi connectivity index (χ1) is 6.27. The standard InChI is InChI=1S/C5H10N2O3.C2H4O2/c6-3(5(7)10)1-2-4(8)9;1-2(3)4/h3H,1-2,6H2,(H2,7,10)(H,8,9);1H3,(H,3,4)/t3-;/m0./s1. The normalized spacial score (nSPS) is 10.7. The van der Waals surface area contributed by atoms with Gasteiger partial charge in [0.1, 0.15) is 0 Å². The van der Waals surface area contributed by atoms with E-state index in [1.54, 1.807) is 0 Å². The summed E-state index contributed by atoms with van der Waals surface area (Å²) < 4.78 is 0. The molecule has 0 aliphatic heterocycles. The highest BCUT2D eigenvalue weighted by Crippen LogP contribution is 1.92. The summed E-state index contributed by atoms with van der Waals surface area (Å²) in [6.07, 6.45) is -0.0191. The second-order valence-electron chi connectivity index (χ2n) is 2.46. The van der Waals surface area contributed by atoms with Crippen LogP contribution in [0, 0.1) is 0 Å². The van der Waals surface area contributed by atoms with Crippen molar-refractivity contribution in [3.8, 4) is 0 Å². The molecule has 0 aromatic heterocycles. The summed E-state index contributed by atoms with van der Waals surface area (Å²) in [5, 5.41) is 15.6. The van der Waals surface area contributed by atoms with Gasteiger partial charge in [-0.15, -0.1) is 0 Å². The predicted molar refractivity (Wildman–Crippen MR) is 47.3 cm³/mol. The molecular formula is C7H14N2O5. The van der Waals surface area contributed by atoms with E-state index in [0.29, 0.717) is 0 Å². The number of amides is 1. The number of carboxylic acids is 2. The van der Waals surface area contributed by atoms with Crippen molar-refractivity contribution in [1.82, 2.24) is 0 Å². The summed E-state index contributed by atoms with van der Waals surface area (Å²) >= 11 is 0. The number of carboxylic acid groups (broad SMARTS) is 2. The van der Waals surface area contributed by atoms with Crippen molar-refractivity contribution in [3.05, 3.63) is 0 Å². The number of primary amides is 1. The lowest BCUT2D eigenvalue weighted by Crippen LogP contribution is -2.36. The van der Waals surface area contributed by atoms with Crippen LogP contribution in [0.4, 0.5) is 0 Å². The smallest absolute Gasteiger partial charge is 0.303 e. The quantitative estimate of drug-likeness (QED) is 0.452. The number of aliphatic carboxylic acids is 2. The predicted octanol–water partition coefficient (Wildman–Crippen LogP) is -1.25. The van der Waals surface area contributed by atoms with Crippen molar-refractivity contribution >= 4 is 17.8 Å². The SMILES string of the molecule is CC(=O)O.NC(=O)[C@@H](N)CCC(=O)O. The van der Waals surface area contributed by atoms with E-state index < -0.39 is 23.9 Å². The lowest BCUT2D eigenvalue weighted by Gasteiger charge is -2.02. The second-order valence-corrected chi connectivity index (χ2v) is 2.46. The molecule has 7 nitrogen and oxygen atoms in total. The number of carbonyl (C=O) groups excluding carboxylic acids is 1. The van der Waals surface area contributed by atoms with Gasteiger partial charge in [-0.05, 0) is 6.42 Å². The molecule has 0 aromatic carbocycles. The van der Waals surface area contributed by atoms with E-state index in [1.165, 1.54) is 0 Å². The average Bonchev–Trinajstić information content (AvgIpc) is 1.98. The van der Waals surface area contributed by atoms with Crippen molar-refractivity contribution in [2.75, 3.05) is 0 Å². The zero-order chi connectivity index (χ0) is 11.7. The van der Waals surface area contributed by atoms with Gasteiger partial charge in [0.05, 0.1) is 6.04 Å². The van der Waals surface area contributed by atoms with Crippen LogP contribution in [0.2, 0.25) is 0 Å². The summed E-state index contributed by atoms with van der Waals surface area (Å²) in [6, 6.07) is -0.837. The Labute approximate surface area is 80.7 Å². The van der Waals surface area contributed by atoms with E-state index in [0.717, 1.165) is 6.92 Å². The van der Waals surface area contributed by atoms with Gasteiger partial charge in [-0.2, -0.15) is 0 Å². The van der Waals surface area contributed by atoms with E-state index in [2.05, 4.69) is 0 Å². The van der Waals surface area contributed by atoms with Crippen LogP contribution in [0.1, 0.15) is 19.8 Å². The van der Waals surface area contributed by atoms with E-state index >= 15 is 0 Å². The molecule has 0 heterocycles. The Balaban J connectivity index is 0. The van der Waals surface area contributed by atoms with Gasteiger partial charge in [-0.1, -0.05) is 0 Å². The van der Waals surface area contributed by atoms with E-state index in [9.17, 15) is 9.59 Å². The van der Waals surface area contributed by atoms with Crippen molar-refractivity contribution in [3.63, 3.8) is 0 Å². The van der Waals surface area contributed by atoms with Gasteiger partial charge in [-0.25, -0.2) is 0 Å². The molecule has 82 valence electrons. The van der Waals surface area contributed by atoms with Crippen LogP contribution in [0.3, 0.4) is 0 Å². The molecule has 7 heteroatoms. The van der Waals surface area contributed by atoms with Crippen LogP contribution in [-0.4, -0.2) is 34.1 Å². The molecule has 0 saturated heterocycles. The summed E-state index contributed by atoms with van der Waals surface area (Å²) in [7, 11) is 0. The van der Waals surface area contributed by atoms with Gasteiger partial charge >= 0.3 is 5.97 Å². The molecule has 1 atom stereocenters. The van der Waals surface area contributed by atoms with Gasteiger partial charge in [0.15, 0.2) is 0 Å². The molecule has 0 radical (unpaired) electrons. The zero-order valence-corrected chi connectivity index (χ0v) is 7.77. The number of hydrogen-bond acceptors (Lipinski definition) is 4. The Kier molecular flexibility index (Phi) is 8.49. The summed E-state index contributed by atoms with van der Waals surface area (Å²) in [5.74, 6) is -2.47. The topological polar surface area (TPSA) is 144 Å². The molecule has 0 saturated carbocycles. The first kappa shape index (κ1) is 14.9. The van der Waals surface area contributed by atoms with Gasteiger partial charge < -0.3 is 21.7 Å². The molecule has 0 unspecified atom stereocenters. The molecule has 0 aliphatic carbocycles. The number of nitrogens with two attached hydrogens (primary N) is 2. The lowest BCUT2D eigenvalue weighted by atomic mass is 10.1. The maximum atomic E-state index is 10.2. The monoisotopic (exact) mass is 206 g/mol. The molecule has 0 fully saturated rings. The van der Waals surface area contributed by atoms with Gasteiger partial charge in [0.25, 0.3) is 5.97 Å².